The van der Waals surface area contributed by atoms with E-state index in [1.54, 1.807) is 0 Å². The summed E-state index contributed by atoms with van der Waals surface area (Å²) in [4.78, 5) is 14.9. The first-order chi connectivity index (χ1) is 15.1. The molecule has 3 aromatic rings. The van der Waals surface area contributed by atoms with E-state index >= 15 is 0 Å². The first-order valence-electron chi connectivity index (χ1n) is 10.7. The molecule has 0 unspecified atom stereocenters. The molecule has 0 atom stereocenters. The van der Waals surface area contributed by atoms with Gasteiger partial charge in [0, 0.05) is 30.2 Å². The number of rotatable bonds is 6. The van der Waals surface area contributed by atoms with E-state index in [1.165, 1.54) is 0 Å². The number of nitrogens with zero attached hydrogens (tertiary/aromatic N) is 1. The summed E-state index contributed by atoms with van der Waals surface area (Å²) in [5.41, 5.74) is 3.78. The normalized spacial score (nSPS) is 14.9. The van der Waals surface area contributed by atoms with E-state index in [0.717, 1.165) is 48.4 Å². The second-order valence-corrected chi connectivity index (χ2v) is 8.47. The van der Waals surface area contributed by atoms with Crippen molar-refractivity contribution in [1.82, 2.24) is 10.2 Å². The van der Waals surface area contributed by atoms with Gasteiger partial charge in [0.15, 0.2) is 0 Å². The fraction of sp³-hybridized carbons (Fsp3) is 0.269. The van der Waals surface area contributed by atoms with Gasteiger partial charge in [0.1, 0.15) is 11.9 Å². The fourth-order valence-electron chi connectivity index (χ4n) is 3.76. The second-order valence-electron chi connectivity index (χ2n) is 8.03. The zero-order valence-electron chi connectivity index (χ0n) is 17.7. The number of carbonyl (C=O) groups excluding carboxylic acids is 1. The summed E-state index contributed by atoms with van der Waals surface area (Å²) in [6.45, 7) is 2.59. The van der Waals surface area contributed by atoms with Gasteiger partial charge in [-0.2, -0.15) is 0 Å². The van der Waals surface area contributed by atoms with Gasteiger partial charge in [-0.15, -0.1) is 0 Å². The number of piperidine rings is 1. The van der Waals surface area contributed by atoms with Gasteiger partial charge in [-0.25, -0.2) is 0 Å². The Balaban J connectivity index is 1.32. The first-order valence-corrected chi connectivity index (χ1v) is 11.0. The average molecular weight is 435 g/mol. The molecule has 1 amide bonds. The van der Waals surface area contributed by atoms with Crippen LogP contribution in [0, 0.1) is 0 Å². The molecular weight excluding hydrogens is 408 g/mol. The number of hydrogen-bond acceptors (Lipinski definition) is 3. The van der Waals surface area contributed by atoms with Crippen LogP contribution < -0.4 is 10.1 Å². The molecule has 0 bridgehead atoms. The summed E-state index contributed by atoms with van der Waals surface area (Å²) in [6, 6.07) is 23.2. The predicted molar refractivity (Wildman–Crippen MR) is 126 cm³/mol. The van der Waals surface area contributed by atoms with E-state index in [9.17, 15) is 4.79 Å². The summed E-state index contributed by atoms with van der Waals surface area (Å²) in [5.74, 6) is 0.776. The number of halogens is 1. The maximum Gasteiger partial charge on any atom is 0.251 e. The van der Waals surface area contributed by atoms with Crippen LogP contribution in [0.4, 0.5) is 0 Å². The summed E-state index contributed by atoms with van der Waals surface area (Å²) in [7, 11) is 2.14. The predicted octanol–water partition coefficient (Wildman–Crippen LogP) is 5.41. The third kappa shape index (κ3) is 5.87. The maximum atomic E-state index is 12.6. The van der Waals surface area contributed by atoms with Crippen LogP contribution in [0.25, 0.3) is 11.1 Å². The summed E-state index contributed by atoms with van der Waals surface area (Å²) >= 11 is 5.95. The minimum absolute atomic E-state index is 0.0932. The number of hydrogen-bond donors (Lipinski definition) is 1. The van der Waals surface area contributed by atoms with Crippen LogP contribution in [0.3, 0.4) is 0 Å². The molecule has 1 aliphatic rings. The van der Waals surface area contributed by atoms with Gasteiger partial charge in [0.25, 0.3) is 5.91 Å². The Morgan fingerprint density at radius 2 is 1.65 bits per heavy atom. The van der Waals surface area contributed by atoms with Crippen molar-refractivity contribution < 1.29 is 9.53 Å². The van der Waals surface area contributed by atoms with E-state index in [-0.39, 0.29) is 12.0 Å². The van der Waals surface area contributed by atoms with Crippen molar-refractivity contribution in [3.63, 3.8) is 0 Å². The van der Waals surface area contributed by atoms with E-state index in [4.69, 9.17) is 16.3 Å². The van der Waals surface area contributed by atoms with Gasteiger partial charge in [-0.1, -0.05) is 48.0 Å². The molecule has 1 heterocycles. The Bertz CT molecular complexity index is 1010. The third-order valence-corrected chi connectivity index (χ3v) is 5.90. The smallest absolute Gasteiger partial charge is 0.251 e. The van der Waals surface area contributed by atoms with Crippen LogP contribution in [0.15, 0.2) is 72.8 Å². The topological polar surface area (TPSA) is 41.6 Å². The highest BCUT2D eigenvalue weighted by Crippen LogP contribution is 2.22. The molecule has 5 heteroatoms. The Labute approximate surface area is 188 Å². The highest BCUT2D eigenvalue weighted by molar-refractivity contribution is 6.30. The summed E-state index contributed by atoms with van der Waals surface area (Å²) in [6.07, 6.45) is 2.35. The largest absolute Gasteiger partial charge is 0.490 e. The van der Waals surface area contributed by atoms with Crippen molar-refractivity contribution in [1.29, 1.82) is 0 Å². The lowest BCUT2D eigenvalue weighted by Crippen LogP contribution is -2.35. The van der Waals surface area contributed by atoms with Crippen molar-refractivity contribution >= 4 is 17.5 Å². The van der Waals surface area contributed by atoms with Crippen molar-refractivity contribution in [2.24, 2.45) is 0 Å². The van der Waals surface area contributed by atoms with Crippen LogP contribution in [0.5, 0.6) is 5.75 Å². The van der Waals surface area contributed by atoms with Crippen molar-refractivity contribution in [2.75, 3.05) is 20.1 Å². The molecule has 0 saturated carbocycles. The zero-order chi connectivity index (χ0) is 21.6. The molecule has 4 nitrogen and oxygen atoms in total. The lowest BCUT2D eigenvalue weighted by molar-refractivity contribution is 0.0950. The van der Waals surface area contributed by atoms with E-state index < -0.39 is 0 Å². The molecule has 3 aromatic carbocycles. The summed E-state index contributed by atoms with van der Waals surface area (Å²) < 4.78 is 6.15. The number of likely N-dealkylation sites (tertiary alicyclic amines) is 1. The van der Waals surface area contributed by atoms with Crippen molar-refractivity contribution in [3.8, 4) is 16.9 Å². The molecule has 0 spiro atoms. The van der Waals surface area contributed by atoms with Crippen LogP contribution in [0.2, 0.25) is 5.02 Å². The standard InChI is InChI=1S/C26H27ClN2O2/c1-29-15-13-24(14-16-29)31-25-4-2-3-19(17-25)18-28-26(30)22-7-5-20(6-8-22)21-9-11-23(27)12-10-21/h2-12,17,24H,13-16,18H2,1H3,(H,28,30). The molecular formula is C26H27ClN2O2. The molecule has 1 N–H and O–H groups in total. The van der Waals surface area contributed by atoms with Gasteiger partial charge in [0.2, 0.25) is 0 Å². The minimum Gasteiger partial charge on any atom is -0.490 e. The van der Waals surface area contributed by atoms with Crippen LogP contribution in [-0.4, -0.2) is 37.0 Å². The lowest BCUT2D eigenvalue weighted by Gasteiger charge is -2.29. The Kier molecular flexibility index (Phi) is 6.90. The van der Waals surface area contributed by atoms with Crippen LogP contribution in [0.1, 0.15) is 28.8 Å². The highest BCUT2D eigenvalue weighted by atomic mass is 35.5. The molecule has 0 radical (unpaired) electrons. The van der Waals surface area contributed by atoms with Crippen molar-refractivity contribution in [2.45, 2.75) is 25.5 Å². The van der Waals surface area contributed by atoms with Crippen LogP contribution in [-0.2, 0) is 6.54 Å². The fourth-order valence-corrected chi connectivity index (χ4v) is 3.89. The van der Waals surface area contributed by atoms with E-state index in [2.05, 4.69) is 17.3 Å². The SMILES string of the molecule is CN1CCC(Oc2cccc(CNC(=O)c3ccc(-c4ccc(Cl)cc4)cc3)c2)CC1. The van der Waals surface area contributed by atoms with Gasteiger partial charge in [-0.3, -0.25) is 4.79 Å². The molecule has 31 heavy (non-hydrogen) atoms. The quantitative estimate of drug-likeness (QED) is 0.564. The van der Waals surface area contributed by atoms with Crippen LogP contribution >= 0.6 is 11.6 Å². The number of benzene rings is 3. The molecule has 160 valence electrons. The van der Waals surface area contributed by atoms with Gasteiger partial charge in [-0.05, 0) is 73.0 Å². The monoisotopic (exact) mass is 434 g/mol. The Morgan fingerprint density at radius 3 is 2.32 bits per heavy atom. The first kappa shape index (κ1) is 21.4. The maximum absolute atomic E-state index is 12.6. The average Bonchev–Trinajstić information content (AvgIpc) is 2.80. The number of amides is 1. The lowest BCUT2D eigenvalue weighted by atomic mass is 10.0. The van der Waals surface area contributed by atoms with Gasteiger partial charge < -0.3 is 15.0 Å². The van der Waals surface area contributed by atoms with Gasteiger partial charge >= 0.3 is 0 Å². The molecule has 1 fully saturated rings. The zero-order valence-corrected chi connectivity index (χ0v) is 18.4. The molecule has 4 rings (SSSR count). The number of carbonyl (C=O) groups is 1. The molecule has 0 aromatic heterocycles. The minimum atomic E-state index is -0.0932. The van der Waals surface area contributed by atoms with Crippen molar-refractivity contribution in [3.05, 3.63) is 88.9 Å². The van der Waals surface area contributed by atoms with Gasteiger partial charge in [0.05, 0.1) is 0 Å². The molecule has 1 aliphatic heterocycles. The third-order valence-electron chi connectivity index (χ3n) is 5.64. The molecule has 0 aliphatic carbocycles. The second kappa shape index (κ2) is 9.99. The summed E-state index contributed by atoms with van der Waals surface area (Å²) in [5, 5.41) is 3.71. The molecule has 1 saturated heterocycles. The number of nitrogens with one attached hydrogen (secondary N) is 1. The highest BCUT2D eigenvalue weighted by Gasteiger charge is 2.18. The number of ether oxygens (including phenoxy) is 1. The Morgan fingerprint density at radius 1 is 1.00 bits per heavy atom. The Hall–Kier alpha value is -2.82. The van der Waals surface area contributed by atoms with E-state index in [1.807, 2.05) is 72.8 Å². The van der Waals surface area contributed by atoms with E-state index in [0.29, 0.717) is 17.1 Å².